The highest BCUT2D eigenvalue weighted by Gasteiger charge is 1.97. The fraction of sp³-hybridized carbons (Fsp3) is 0.930. The summed E-state index contributed by atoms with van der Waals surface area (Å²) in [6, 6.07) is 0. The number of unbranched alkanes of at least 4 members (excludes halogenated alkanes) is 33. The van der Waals surface area contributed by atoms with Crippen LogP contribution in [-0.4, -0.2) is 11.1 Å². The summed E-state index contributed by atoms with van der Waals surface area (Å²) in [6.07, 6.45) is 55.2. The highest BCUT2D eigenvalue weighted by molar-refractivity contribution is 5.66. The van der Waals surface area contributed by atoms with Crippen LogP contribution in [-0.2, 0) is 4.79 Å². The smallest absolute Gasteiger partial charge is 0.303 e. The van der Waals surface area contributed by atoms with Crippen molar-refractivity contribution >= 4 is 5.97 Å². The van der Waals surface area contributed by atoms with Gasteiger partial charge in [0.25, 0.3) is 0 Å². The molecule has 0 aliphatic heterocycles. The van der Waals surface area contributed by atoms with Crippen LogP contribution in [0.25, 0.3) is 0 Å². The summed E-state index contributed by atoms with van der Waals surface area (Å²) < 4.78 is 0. The molecule has 0 rings (SSSR count). The number of carboxylic acid groups (broad SMARTS) is 1. The topological polar surface area (TPSA) is 37.3 Å². The number of aliphatic carboxylic acids is 1. The van der Waals surface area contributed by atoms with Gasteiger partial charge in [-0.15, -0.1) is 0 Å². The molecular formula is C43H86O2. The maximum atomic E-state index is 10.3. The molecule has 0 spiro atoms. The Morgan fingerprint density at radius 2 is 0.533 bits per heavy atom. The first-order valence-corrected chi connectivity index (χ1v) is 21.1. The lowest BCUT2D eigenvalue weighted by Gasteiger charge is -2.04. The molecule has 0 aromatic heterocycles. The first-order chi connectivity index (χ1) is 22.2. The number of allylic oxidation sites excluding steroid dienone is 2. The summed E-state index contributed by atoms with van der Waals surface area (Å²) in [5.74, 6) is -0.666. The van der Waals surface area contributed by atoms with Gasteiger partial charge in [0.05, 0.1) is 0 Å². The molecule has 0 aliphatic carbocycles. The summed E-state index contributed by atoms with van der Waals surface area (Å²) in [5.41, 5.74) is 0. The van der Waals surface area contributed by atoms with Crippen LogP contribution in [0.3, 0.4) is 0 Å². The molecule has 270 valence electrons. The van der Waals surface area contributed by atoms with E-state index in [0.29, 0.717) is 6.42 Å². The zero-order valence-corrected chi connectivity index (χ0v) is 31.7. The zero-order chi connectivity index (χ0) is 33.2. The van der Waals surface area contributed by atoms with Crippen molar-refractivity contribution in [3.63, 3.8) is 0 Å². The third kappa shape index (κ3) is 50.3. The van der Waals surface area contributed by atoms with Gasteiger partial charge in [0.1, 0.15) is 0 Å². The van der Waals surface area contributed by atoms with Gasteiger partial charge in [-0.2, -0.15) is 0 Å². The van der Waals surface area contributed by atoms with Crippen LogP contribution >= 0.6 is 0 Å². The molecule has 2 nitrogen and oxygen atoms in total. The van der Waals surface area contributed by atoms with Crippen LogP contribution in [0, 0.1) is 0 Å². The molecule has 0 atom stereocenters. The Morgan fingerprint density at radius 3 is 0.778 bits per heavy atom. The molecule has 0 bridgehead atoms. The van der Waals surface area contributed by atoms with Crippen molar-refractivity contribution in [1.29, 1.82) is 0 Å². The normalized spacial score (nSPS) is 11.3. The average molecular weight is 635 g/mol. The fourth-order valence-electron chi connectivity index (χ4n) is 6.21. The second-order valence-corrected chi connectivity index (χ2v) is 14.2. The highest BCUT2D eigenvalue weighted by Crippen LogP contribution is 2.16. The predicted molar refractivity (Wildman–Crippen MR) is 205 cm³/mol. The average Bonchev–Trinajstić information content (AvgIpc) is 3.04. The molecular weight excluding hydrogens is 548 g/mol. The first-order valence-electron chi connectivity index (χ1n) is 21.1. The molecule has 0 unspecified atom stereocenters. The molecule has 1 N–H and O–H groups in total. The first kappa shape index (κ1) is 46.3. The van der Waals surface area contributed by atoms with Crippen LogP contribution in [0.1, 0.15) is 258 Å². The Bertz CT molecular complexity index is 516. The number of hydrogen-bond donors (Lipinski definition) is 1. The van der Waals surface area contributed by atoms with Crippen molar-refractivity contribution in [2.45, 2.75) is 258 Å². The highest BCUT2D eigenvalue weighted by atomic mass is 16.4. The van der Waals surface area contributed by atoms with Crippen LogP contribution in [0.15, 0.2) is 12.2 Å². The molecule has 45 heavy (non-hydrogen) atoms. The van der Waals surface area contributed by atoms with Gasteiger partial charge in [-0.1, -0.05) is 232 Å². The van der Waals surface area contributed by atoms with Crippen LogP contribution < -0.4 is 0 Å². The number of carbonyl (C=O) groups is 1. The Morgan fingerprint density at radius 1 is 0.333 bits per heavy atom. The van der Waals surface area contributed by atoms with Crippen LogP contribution in [0.4, 0.5) is 0 Å². The van der Waals surface area contributed by atoms with Gasteiger partial charge >= 0.3 is 5.97 Å². The van der Waals surface area contributed by atoms with Crippen molar-refractivity contribution in [2.24, 2.45) is 0 Å². The number of hydrogen-bond acceptors (Lipinski definition) is 1. The molecule has 0 radical (unpaired) electrons. The lowest BCUT2D eigenvalue weighted by atomic mass is 10.0. The van der Waals surface area contributed by atoms with Crippen molar-refractivity contribution in [1.82, 2.24) is 0 Å². The van der Waals surface area contributed by atoms with E-state index in [4.69, 9.17) is 5.11 Å². The number of rotatable bonds is 37. The van der Waals surface area contributed by atoms with Gasteiger partial charge in [-0.3, -0.25) is 4.79 Å². The van der Waals surface area contributed by atoms with E-state index >= 15 is 0 Å². The standard InChI is InChI=1S/C27H56.C16H30O2/c1-3-5-7-9-11-13-15-17-19-21-23-25-27-26-24-22-20-18-16-14-12-10-8-6-4-2;1-2-3-4-5-6-7-8-9-10-11-12-13-14-15-16(17)18/h3-27H2,1-2H3;7-8H,2-6,9-15H2,1H3,(H,17,18)/b;8-7-. The summed E-state index contributed by atoms with van der Waals surface area (Å²) in [5, 5.41) is 8.48. The van der Waals surface area contributed by atoms with E-state index < -0.39 is 5.97 Å². The zero-order valence-electron chi connectivity index (χ0n) is 31.7. The Labute approximate surface area is 285 Å². The predicted octanol–water partition coefficient (Wildman–Crippen LogP) is 16.1. The molecule has 0 fully saturated rings. The Balaban J connectivity index is 0. The summed E-state index contributed by atoms with van der Waals surface area (Å²) in [6.45, 7) is 6.85. The minimum atomic E-state index is -0.666. The summed E-state index contributed by atoms with van der Waals surface area (Å²) >= 11 is 0. The van der Waals surface area contributed by atoms with E-state index in [-0.39, 0.29) is 0 Å². The molecule has 0 amide bonds. The van der Waals surface area contributed by atoms with Gasteiger partial charge in [-0.25, -0.2) is 0 Å². The molecule has 0 heterocycles. The monoisotopic (exact) mass is 635 g/mol. The van der Waals surface area contributed by atoms with E-state index in [1.54, 1.807) is 0 Å². The van der Waals surface area contributed by atoms with Gasteiger partial charge in [0.2, 0.25) is 0 Å². The van der Waals surface area contributed by atoms with Gasteiger partial charge in [0.15, 0.2) is 0 Å². The fourth-order valence-corrected chi connectivity index (χ4v) is 6.21. The van der Waals surface area contributed by atoms with E-state index in [9.17, 15) is 4.79 Å². The van der Waals surface area contributed by atoms with Crippen LogP contribution in [0.5, 0.6) is 0 Å². The molecule has 0 aromatic rings. The van der Waals surface area contributed by atoms with Crippen molar-refractivity contribution in [2.75, 3.05) is 0 Å². The lowest BCUT2D eigenvalue weighted by Crippen LogP contribution is -1.93. The SMILES string of the molecule is CCCCCC/C=C\CCCCCCCC(=O)O.CCCCCCCCCCCCCCCCCCCCCCCCCCC. The minimum Gasteiger partial charge on any atom is -0.481 e. The van der Waals surface area contributed by atoms with Crippen molar-refractivity contribution in [3.8, 4) is 0 Å². The second kappa shape index (κ2) is 45.3. The van der Waals surface area contributed by atoms with Gasteiger partial charge < -0.3 is 5.11 Å². The minimum absolute atomic E-state index is 0.331. The van der Waals surface area contributed by atoms with Gasteiger partial charge in [0, 0.05) is 6.42 Å². The molecule has 0 saturated carbocycles. The number of carboxylic acids is 1. The van der Waals surface area contributed by atoms with E-state index in [0.717, 1.165) is 12.8 Å². The molecule has 0 aliphatic rings. The molecule has 0 saturated heterocycles. The van der Waals surface area contributed by atoms with Crippen molar-refractivity contribution in [3.05, 3.63) is 12.2 Å². The van der Waals surface area contributed by atoms with E-state index in [1.807, 2.05) is 0 Å². The van der Waals surface area contributed by atoms with Crippen molar-refractivity contribution < 1.29 is 9.90 Å². The third-order valence-electron chi connectivity index (χ3n) is 9.36. The maximum absolute atomic E-state index is 10.3. The van der Waals surface area contributed by atoms with Gasteiger partial charge in [-0.05, 0) is 32.1 Å². The third-order valence-corrected chi connectivity index (χ3v) is 9.36. The van der Waals surface area contributed by atoms with E-state index in [1.165, 1.54) is 218 Å². The Hall–Kier alpha value is -0.790. The van der Waals surface area contributed by atoms with E-state index in [2.05, 4.69) is 32.9 Å². The largest absolute Gasteiger partial charge is 0.481 e. The molecule has 0 aromatic carbocycles. The second-order valence-electron chi connectivity index (χ2n) is 14.2. The quantitative estimate of drug-likeness (QED) is 0.0545. The van der Waals surface area contributed by atoms with Crippen LogP contribution in [0.2, 0.25) is 0 Å². The summed E-state index contributed by atoms with van der Waals surface area (Å²) in [7, 11) is 0. The lowest BCUT2D eigenvalue weighted by molar-refractivity contribution is -0.137. The Kier molecular flexibility index (Phi) is 46.7. The molecule has 2 heteroatoms. The maximum Gasteiger partial charge on any atom is 0.303 e. The summed E-state index contributed by atoms with van der Waals surface area (Å²) in [4.78, 5) is 10.3.